The van der Waals surface area contributed by atoms with Gasteiger partial charge in [0, 0.05) is 21.6 Å². The van der Waals surface area contributed by atoms with Crippen molar-refractivity contribution in [2.75, 3.05) is 0 Å². The number of benzene rings is 9. The van der Waals surface area contributed by atoms with Crippen molar-refractivity contribution in [3.63, 3.8) is 0 Å². The summed E-state index contributed by atoms with van der Waals surface area (Å²) in [5.41, 5.74) is 14.8. The van der Waals surface area contributed by atoms with E-state index in [-0.39, 0.29) is 5.41 Å². The van der Waals surface area contributed by atoms with Crippen molar-refractivity contribution in [3.05, 3.63) is 179 Å². The molecule has 9 aromatic carbocycles. The monoisotopic (exact) mass is 714 g/mol. The van der Waals surface area contributed by atoms with E-state index < -0.39 is 0 Å². The summed E-state index contributed by atoms with van der Waals surface area (Å²) in [4.78, 5) is 0. The zero-order chi connectivity index (χ0) is 37.1. The molecule has 0 unspecified atom stereocenters. The van der Waals surface area contributed by atoms with Crippen LogP contribution in [0, 0.1) is 0 Å². The molecule has 0 amide bonds. The van der Waals surface area contributed by atoms with Crippen LogP contribution in [-0.4, -0.2) is 0 Å². The molecule has 0 atom stereocenters. The molecule has 56 heavy (non-hydrogen) atoms. The largest absolute Gasteiger partial charge is 0.455 e. The van der Waals surface area contributed by atoms with Gasteiger partial charge in [-0.15, -0.1) is 0 Å². The van der Waals surface area contributed by atoms with Crippen LogP contribution in [0.15, 0.2) is 162 Å². The van der Waals surface area contributed by atoms with Gasteiger partial charge in [0.1, 0.15) is 11.2 Å². The topological polar surface area (TPSA) is 13.1 Å². The van der Waals surface area contributed by atoms with Crippen molar-refractivity contribution in [2.24, 2.45) is 0 Å². The third-order valence-corrected chi connectivity index (χ3v) is 12.8. The first-order chi connectivity index (χ1) is 27.5. The quantitative estimate of drug-likeness (QED) is 0.178. The maximum Gasteiger partial charge on any atom is 0.143 e. The molecule has 0 fully saturated rings. The summed E-state index contributed by atoms with van der Waals surface area (Å²) in [6, 6.07) is 58.4. The minimum absolute atomic E-state index is 0.211. The van der Waals surface area contributed by atoms with E-state index in [1.165, 1.54) is 98.4 Å². The van der Waals surface area contributed by atoms with Crippen molar-refractivity contribution < 1.29 is 4.42 Å². The van der Waals surface area contributed by atoms with Crippen molar-refractivity contribution >= 4 is 66.4 Å². The fourth-order valence-corrected chi connectivity index (χ4v) is 10.3. The van der Waals surface area contributed by atoms with Crippen molar-refractivity contribution in [1.29, 1.82) is 0 Å². The maximum absolute atomic E-state index is 6.79. The molecule has 0 bridgehead atoms. The molecule has 1 nitrogen and oxygen atoms in total. The molecular formula is C55H38O. The summed E-state index contributed by atoms with van der Waals surface area (Å²) < 4.78 is 6.79. The third kappa shape index (κ3) is 4.37. The summed E-state index contributed by atoms with van der Waals surface area (Å²) >= 11 is 0. The van der Waals surface area contributed by atoms with Crippen LogP contribution in [0.5, 0.6) is 0 Å². The van der Waals surface area contributed by atoms with Crippen molar-refractivity contribution in [3.8, 4) is 44.5 Å². The van der Waals surface area contributed by atoms with Crippen LogP contribution in [-0.2, 0) is 5.41 Å². The maximum atomic E-state index is 6.79. The Hall–Kier alpha value is -6.70. The lowest BCUT2D eigenvalue weighted by atomic mass is 9.76. The number of hydrogen-bond donors (Lipinski definition) is 0. The highest BCUT2D eigenvalue weighted by molar-refractivity contribution is 6.21. The van der Waals surface area contributed by atoms with Crippen molar-refractivity contribution in [2.45, 2.75) is 32.1 Å². The van der Waals surface area contributed by atoms with Crippen LogP contribution in [0.2, 0.25) is 0 Å². The Kier molecular flexibility index (Phi) is 6.58. The molecule has 2 aliphatic rings. The molecular weight excluding hydrogens is 677 g/mol. The molecule has 1 heterocycles. The second kappa shape index (κ2) is 11.7. The van der Waals surface area contributed by atoms with Crippen LogP contribution in [0.3, 0.4) is 0 Å². The van der Waals surface area contributed by atoms with Gasteiger partial charge in [-0.05, 0) is 136 Å². The molecule has 0 aliphatic heterocycles. The molecule has 0 saturated heterocycles. The van der Waals surface area contributed by atoms with Gasteiger partial charge in [0.2, 0.25) is 0 Å². The lowest BCUT2D eigenvalue weighted by Gasteiger charge is -2.27. The molecule has 2 aliphatic carbocycles. The predicted molar refractivity (Wildman–Crippen MR) is 238 cm³/mol. The lowest BCUT2D eigenvalue weighted by molar-refractivity contribution is 0.662. The van der Waals surface area contributed by atoms with Crippen LogP contribution in [0.1, 0.15) is 37.8 Å². The van der Waals surface area contributed by atoms with Gasteiger partial charge in [0.15, 0.2) is 0 Å². The van der Waals surface area contributed by atoms with Crippen LogP contribution in [0.4, 0.5) is 0 Å². The van der Waals surface area contributed by atoms with E-state index in [1.54, 1.807) is 0 Å². The Morgan fingerprint density at radius 1 is 0.429 bits per heavy atom. The molecule has 0 N–H and O–H groups in total. The highest BCUT2D eigenvalue weighted by Gasteiger charge is 2.39. The zero-order valence-corrected chi connectivity index (χ0v) is 31.5. The van der Waals surface area contributed by atoms with Crippen LogP contribution in [0.25, 0.3) is 111 Å². The average molecular weight is 715 g/mol. The van der Waals surface area contributed by atoms with E-state index in [9.17, 15) is 0 Å². The molecule has 0 spiro atoms. The number of rotatable bonds is 3. The highest BCUT2D eigenvalue weighted by Crippen LogP contribution is 2.56. The van der Waals surface area contributed by atoms with Crippen LogP contribution < -0.4 is 10.4 Å². The van der Waals surface area contributed by atoms with Gasteiger partial charge in [-0.25, -0.2) is 0 Å². The van der Waals surface area contributed by atoms with E-state index in [0.717, 1.165) is 34.8 Å². The minimum atomic E-state index is -0.211. The van der Waals surface area contributed by atoms with E-state index in [2.05, 4.69) is 184 Å². The molecule has 1 heteroatoms. The Morgan fingerprint density at radius 2 is 1.07 bits per heavy atom. The normalized spacial score (nSPS) is 14.2. The van der Waals surface area contributed by atoms with Gasteiger partial charge in [-0.3, -0.25) is 0 Å². The standard InChI is InChI=1S/C55H38O/c1-55(2)48-24-11-9-23-45(48)52-43-28-29-44-38-18-10-12-25-49(38)56-54(44)46(43)32-47(53(52)55)51-41-21-7-5-19-39(41)50(40-20-6-8-22-42(40)51)37-17-13-16-35(31-37)36-27-26-33-14-3-4-15-34(33)30-36/h3-5,7,9-32H,6,8H2,1-2H3. The summed E-state index contributed by atoms with van der Waals surface area (Å²) in [5.74, 6) is 0. The Bertz CT molecular complexity index is 3450. The summed E-state index contributed by atoms with van der Waals surface area (Å²) in [7, 11) is 0. The van der Waals surface area contributed by atoms with E-state index in [0.29, 0.717) is 0 Å². The fourth-order valence-electron chi connectivity index (χ4n) is 10.3. The number of fused-ring (bicyclic) bond motifs is 12. The fraction of sp³-hybridized carbons (Fsp3) is 0.0909. The average Bonchev–Trinajstić information content (AvgIpc) is 3.75. The molecule has 10 aromatic rings. The van der Waals surface area contributed by atoms with Crippen molar-refractivity contribution in [1.82, 2.24) is 0 Å². The summed E-state index contributed by atoms with van der Waals surface area (Å²) in [6.07, 6.45) is 7.06. The van der Waals surface area contributed by atoms with Gasteiger partial charge >= 0.3 is 0 Å². The van der Waals surface area contributed by atoms with Gasteiger partial charge in [-0.2, -0.15) is 0 Å². The lowest BCUT2D eigenvalue weighted by Crippen LogP contribution is -2.32. The minimum Gasteiger partial charge on any atom is -0.455 e. The molecule has 1 aromatic heterocycles. The molecule has 12 rings (SSSR count). The van der Waals surface area contributed by atoms with E-state index >= 15 is 0 Å². The molecule has 0 radical (unpaired) electrons. The first kappa shape index (κ1) is 31.6. The highest BCUT2D eigenvalue weighted by atomic mass is 16.3. The zero-order valence-electron chi connectivity index (χ0n) is 31.5. The van der Waals surface area contributed by atoms with E-state index in [4.69, 9.17) is 4.42 Å². The van der Waals surface area contributed by atoms with Gasteiger partial charge in [0.25, 0.3) is 0 Å². The number of para-hydroxylation sites is 1. The Morgan fingerprint density at radius 3 is 1.93 bits per heavy atom. The third-order valence-electron chi connectivity index (χ3n) is 12.8. The first-order valence-electron chi connectivity index (χ1n) is 19.9. The second-order valence-electron chi connectivity index (χ2n) is 16.2. The number of furan rings is 1. The molecule has 264 valence electrons. The molecule has 0 saturated carbocycles. The number of hydrogen-bond acceptors (Lipinski definition) is 1. The first-order valence-corrected chi connectivity index (χ1v) is 19.9. The predicted octanol–water partition coefficient (Wildman–Crippen LogP) is 13.7. The van der Waals surface area contributed by atoms with Gasteiger partial charge in [0.05, 0.1) is 0 Å². The van der Waals surface area contributed by atoms with Gasteiger partial charge in [-0.1, -0.05) is 153 Å². The summed E-state index contributed by atoms with van der Waals surface area (Å²) in [6.45, 7) is 4.84. The summed E-state index contributed by atoms with van der Waals surface area (Å²) in [5, 5.41) is 12.5. The van der Waals surface area contributed by atoms with Gasteiger partial charge < -0.3 is 4.42 Å². The smallest absolute Gasteiger partial charge is 0.143 e. The van der Waals surface area contributed by atoms with E-state index in [1.807, 2.05) is 0 Å². The van der Waals surface area contributed by atoms with Crippen LogP contribution >= 0.6 is 0 Å². The second-order valence-corrected chi connectivity index (χ2v) is 16.2. The SMILES string of the molecule is CC1(C)c2ccccc2-c2c1c(-c1c3c(c(-c4cccc(-c5ccc6ccccc6c5)c4)c4ccccc14)=CCCC=3)cc1c2ccc2c3ccccc3oc12. The Labute approximate surface area is 325 Å². The Balaban J connectivity index is 1.19.